The summed E-state index contributed by atoms with van der Waals surface area (Å²) in [7, 11) is 1.79. The van der Waals surface area contributed by atoms with Crippen LogP contribution in [0.1, 0.15) is 33.1 Å². The maximum Gasteiger partial charge on any atom is 0.0986 e. The smallest absolute Gasteiger partial charge is 0.0986 e. The van der Waals surface area contributed by atoms with Crippen LogP contribution in [0, 0.1) is 5.92 Å². The predicted octanol–water partition coefficient (Wildman–Crippen LogP) is 1.57. The highest BCUT2D eigenvalue weighted by Gasteiger charge is 2.43. The minimum atomic E-state index is 0.265. The maximum absolute atomic E-state index is 5.60. The first-order valence-electron chi connectivity index (χ1n) is 6.15. The lowest BCUT2D eigenvalue weighted by atomic mass is 9.78. The Balaban J connectivity index is 1.71. The molecule has 0 heterocycles. The zero-order chi connectivity index (χ0) is 10.8. The third kappa shape index (κ3) is 2.35. The molecule has 0 radical (unpaired) electrons. The van der Waals surface area contributed by atoms with Crippen LogP contribution in [0.4, 0.5) is 0 Å². The Morgan fingerprint density at radius 1 is 1.27 bits per heavy atom. The van der Waals surface area contributed by atoms with Crippen LogP contribution in [0.3, 0.4) is 0 Å². The van der Waals surface area contributed by atoms with Gasteiger partial charge < -0.3 is 14.8 Å². The standard InChI is InChI=1S/C12H23NO2/c1-4-15-11-7-10(12(11)14-3)13-9-5-8(2)6-9/h8-13H,4-7H2,1-3H3. The van der Waals surface area contributed by atoms with Crippen LogP contribution in [-0.2, 0) is 9.47 Å². The molecule has 2 aliphatic rings. The maximum atomic E-state index is 5.60. The van der Waals surface area contributed by atoms with Gasteiger partial charge in [-0.15, -0.1) is 0 Å². The van der Waals surface area contributed by atoms with Crippen LogP contribution in [0.15, 0.2) is 0 Å². The second kappa shape index (κ2) is 4.81. The van der Waals surface area contributed by atoms with Crippen LogP contribution >= 0.6 is 0 Å². The molecular formula is C12H23NO2. The molecule has 2 aliphatic carbocycles. The molecule has 3 unspecified atom stereocenters. The Bertz CT molecular complexity index is 204. The second-order valence-corrected chi connectivity index (χ2v) is 4.98. The Morgan fingerprint density at radius 3 is 2.53 bits per heavy atom. The van der Waals surface area contributed by atoms with Crippen LogP contribution in [0.5, 0.6) is 0 Å². The van der Waals surface area contributed by atoms with Gasteiger partial charge in [0.25, 0.3) is 0 Å². The van der Waals surface area contributed by atoms with Crippen molar-refractivity contribution in [1.82, 2.24) is 5.32 Å². The van der Waals surface area contributed by atoms with E-state index in [0.717, 1.165) is 25.0 Å². The first-order chi connectivity index (χ1) is 7.24. The molecule has 0 spiro atoms. The summed E-state index contributed by atoms with van der Waals surface area (Å²) < 4.78 is 11.1. The molecule has 2 saturated carbocycles. The van der Waals surface area contributed by atoms with Gasteiger partial charge in [-0.2, -0.15) is 0 Å². The molecule has 2 fully saturated rings. The second-order valence-electron chi connectivity index (χ2n) is 4.98. The van der Waals surface area contributed by atoms with E-state index in [2.05, 4.69) is 12.2 Å². The first-order valence-corrected chi connectivity index (χ1v) is 6.15. The van der Waals surface area contributed by atoms with Gasteiger partial charge in [-0.25, -0.2) is 0 Å². The van der Waals surface area contributed by atoms with Gasteiger partial charge in [-0.05, 0) is 32.1 Å². The molecule has 1 N–H and O–H groups in total. The third-order valence-corrected chi connectivity index (χ3v) is 3.73. The van der Waals surface area contributed by atoms with E-state index in [-0.39, 0.29) is 6.10 Å². The fourth-order valence-electron chi connectivity index (χ4n) is 2.78. The summed E-state index contributed by atoms with van der Waals surface area (Å²) in [5, 5.41) is 3.67. The van der Waals surface area contributed by atoms with Crippen LogP contribution in [-0.4, -0.2) is 38.0 Å². The number of hydrogen-bond donors (Lipinski definition) is 1. The molecule has 0 aromatic heterocycles. The van der Waals surface area contributed by atoms with Crippen LogP contribution in [0.25, 0.3) is 0 Å². The van der Waals surface area contributed by atoms with Crippen LogP contribution in [0.2, 0.25) is 0 Å². The van der Waals surface area contributed by atoms with Gasteiger partial charge in [-0.3, -0.25) is 0 Å². The molecule has 15 heavy (non-hydrogen) atoms. The van der Waals surface area contributed by atoms with Gasteiger partial charge in [0.15, 0.2) is 0 Å². The van der Waals surface area contributed by atoms with Gasteiger partial charge in [0, 0.05) is 25.8 Å². The molecule has 3 nitrogen and oxygen atoms in total. The van der Waals surface area contributed by atoms with Crippen molar-refractivity contribution in [1.29, 1.82) is 0 Å². The zero-order valence-corrected chi connectivity index (χ0v) is 10.0. The molecule has 3 atom stereocenters. The summed E-state index contributed by atoms with van der Waals surface area (Å²) in [5.74, 6) is 0.909. The topological polar surface area (TPSA) is 30.5 Å². The highest BCUT2D eigenvalue weighted by atomic mass is 16.5. The number of methoxy groups -OCH3 is 1. The van der Waals surface area contributed by atoms with Crippen molar-refractivity contribution in [2.45, 2.75) is 57.4 Å². The van der Waals surface area contributed by atoms with E-state index < -0.39 is 0 Å². The summed E-state index contributed by atoms with van der Waals surface area (Å²) in [4.78, 5) is 0. The molecule has 0 bridgehead atoms. The average molecular weight is 213 g/mol. The zero-order valence-electron chi connectivity index (χ0n) is 10.0. The van der Waals surface area contributed by atoms with Gasteiger partial charge in [0.2, 0.25) is 0 Å². The minimum Gasteiger partial charge on any atom is -0.377 e. The fourth-order valence-corrected chi connectivity index (χ4v) is 2.78. The molecule has 3 heteroatoms. The normalized spacial score (nSPS) is 44.6. The Kier molecular flexibility index (Phi) is 3.65. The van der Waals surface area contributed by atoms with Gasteiger partial charge >= 0.3 is 0 Å². The highest BCUT2D eigenvalue weighted by molar-refractivity contribution is 5.00. The lowest BCUT2D eigenvalue weighted by Gasteiger charge is -2.47. The summed E-state index contributed by atoms with van der Waals surface area (Å²) in [6.45, 7) is 5.15. The van der Waals surface area contributed by atoms with E-state index >= 15 is 0 Å². The molecule has 2 rings (SSSR count). The van der Waals surface area contributed by atoms with E-state index in [9.17, 15) is 0 Å². The van der Waals surface area contributed by atoms with Gasteiger partial charge in [0.1, 0.15) is 0 Å². The van der Waals surface area contributed by atoms with Crippen LogP contribution < -0.4 is 5.32 Å². The SMILES string of the molecule is CCOC1CC(NC2CC(C)C2)C1OC. The third-order valence-electron chi connectivity index (χ3n) is 3.73. The van der Waals surface area contributed by atoms with E-state index in [1.807, 2.05) is 6.92 Å². The lowest BCUT2D eigenvalue weighted by Crippen LogP contribution is -2.63. The molecule has 0 aromatic rings. The fraction of sp³-hybridized carbons (Fsp3) is 1.00. The van der Waals surface area contributed by atoms with Crippen molar-refractivity contribution in [3.8, 4) is 0 Å². The van der Waals surface area contributed by atoms with Gasteiger partial charge in [-0.1, -0.05) is 6.92 Å². The Hall–Kier alpha value is -0.120. The first kappa shape index (κ1) is 11.4. The van der Waals surface area contributed by atoms with Crippen molar-refractivity contribution in [3.05, 3.63) is 0 Å². The molecule has 0 saturated heterocycles. The summed E-state index contributed by atoms with van der Waals surface area (Å²) >= 11 is 0. The summed E-state index contributed by atoms with van der Waals surface area (Å²) in [5.41, 5.74) is 0. The van der Waals surface area contributed by atoms with E-state index in [1.54, 1.807) is 7.11 Å². The van der Waals surface area contributed by atoms with Crippen molar-refractivity contribution in [2.24, 2.45) is 5.92 Å². The van der Waals surface area contributed by atoms with Crippen molar-refractivity contribution in [2.75, 3.05) is 13.7 Å². The molecule has 88 valence electrons. The number of nitrogens with one attached hydrogen (secondary N) is 1. The van der Waals surface area contributed by atoms with E-state index in [0.29, 0.717) is 12.1 Å². The summed E-state index contributed by atoms with van der Waals surface area (Å²) in [6, 6.07) is 1.24. The molecule has 0 amide bonds. The number of rotatable bonds is 5. The van der Waals surface area contributed by atoms with Crippen molar-refractivity contribution in [3.63, 3.8) is 0 Å². The van der Waals surface area contributed by atoms with E-state index in [4.69, 9.17) is 9.47 Å². The Labute approximate surface area is 92.5 Å². The van der Waals surface area contributed by atoms with Crippen molar-refractivity contribution < 1.29 is 9.47 Å². The number of ether oxygens (including phenoxy) is 2. The average Bonchev–Trinajstić information content (AvgIpc) is 2.13. The monoisotopic (exact) mass is 213 g/mol. The molecular weight excluding hydrogens is 190 g/mol. The molecule has 0 aliphatic heterocycles. The summed E-state index contributed by atoms with van der Waals surface area (Å²) in [6.07, 6.45) is 4.34. The minimum absolute atomic E-state index is 0.265. The quantitative estimate of drug-likeness (QED) is 0.752. The molecule has 0 aromatic carbocycles. The highest BCUT2D eigenvalue weighted by Crippen LogP contribution is 2.32. The van der Waals surface area contributed by atoms with Crippen molar-refractivity contribution >= 4 is 0 Å². The Morgan fingerprint density at radius 2 is 2.00 bits per heavy atom. The van der Waals surface area contributed by atoms with E-state index in [1.165, 1.54) is 12.8 Å². The lowest BCUT2D eigenvalue weighted by molar-refractivity contribution is -0.135. The predicted molar refractivity (Wildman–Crippen MR) is 59.9 cm³/mol. The largest absolute Gasteiger partial charge is 0.377 e. The number of hydrogen-bond acceptors (Lipinski definition) is 3. The van der Waals surface area contributed by atoms with Gasteiger partial charge in [0.05, 0.1) is 12.2 Å².